The topological polar surface area (TPSA) is 59.9 Å². The number of aryl methyl sites for hydroxylation is 3. The van der Waals surface area contributed by atoms with Crippen LogP contribution in [0.4, 0.5) is 0 Å². The Bertz CT molecular complexity index is 1090. The van der Waals surface area contributed by atoms with Gasteiger partial charge in [-0.05, 0) is 68.1 Å². The molecule has 3 rings (SSSR count). The zero-order valence-corrected chi connectivity index (χ0v) is 19.1. The van der Waals surface area contributed by atoms with Gasteiger partial charge in [-0.3, -0.25) is 4.79 Å². The number of ether oxygens (including phenoxy) is 2. The second-order valence-corrected chi connectivity index (χ2v) is 7.81. The van der Waals surface area contributed by atoms with E-state index >= 15 is 0 Å². The van der Waals surface area contributed by atoms with E-state index in [0.717, 1.165) is 22.3 Å². The zero-order chi connectivity index (χ0) is 22.9. The summed E-state index contributed by atoms with van der Waals surface area (Å²) < 4.78 is 11.7. The number of hydrazone groups is 1. The molecule has 0 unspecified atom stereocenters. The number of carbonyl (C=O) groups is 1. The molecule has 0 saturated heterocycles. The van der Waals surface area contributed by atoms with Gasteiger partial charge < -0.3 is 9.47 Å². The molecule has 1 amide bonds. The van der Waals surface area contributed by atoms with E-state index in [1.165, 1.54) is 11.1 Å². The molecule has 0 aliphatic carbocycles. The maximum atomic E-state index is 12.2. The van der Waals surface area contributed by atoms with Crippen molar-refractivity contribution < 1.29 is 14.3 Å². The lowest BCUT2D eigenvalue weighted by atomic mass is 10.0. The maximum Gasteiger partial charge on any atom is 0.244 e. The number of carbonyl (C=O) groups excluding carboxylic acids is 1. The minimum atomic E-state index is -0.156. The lowest BCUT2D eigenvalue weighted by Gasteiger charge is -2.13. The number of hydrogen-bond acceptors (Lipinski definition) is 4. The highest BCUT2D eigenvalue weighted by atomic mass is 16.5. The summed E-state index contributed by atoms with van der Waals surface area (Å²) in [5, 5.41) is 4.10. The molecule has 0 saturated carbocycles. The summed E-state index contributed by atoms with van der Waals surface area (Å²) in [4.78, 5) is 12.2. The summed E-state index contributed by atoms with van der Waals surface area (Å²) >= 11 is 0. The van der Waals surface area contributed by atoms with Crippen LogP contribution in [0, 0.1) is 20.8 Å². The summed E-state index contributed by atoms with van der Waals surface area (Å²) in [5.41, 5.74) is 9.00. The number of rotatable bonds is 9. The molecule has 5 nitrogen and oxygen atoms in total. The molecule has 3 aromatic carbocycles. The molecule has 32 heavy (non-hydrogen) atoms. The van der Waals surface area contributed by atoms with Crippen molar-refractivity contribution >= 4 is 12.1 Å². The Hall–Kier alpha value is -3.60. The maximum absolute atomic E-state index is 12.2. The smallest absolute Gasteiger partial charge is 0.244 e. The van der Waals surface area contributed by atoms with Gasteiger partial charge in [-0.1, -0.05) is 53.6 Å². The molecule has 0 aliphatic rings. The predicted molar refractivity (Wildman–Crippen MR) is 128 cm³/mol. The molecular weight excluding hydrogens is 400 g/mol. The first-order chi connectivity index (χ1) is 15.4. The third-order valence-corrected chi connectivity index (χ3v) is 5.03. The van der Waals surface area contributed by atoms with Gasteiger partial charge in [0.05, 0.1) is 19.2 Å². The number of hydrogen-bond donors (Lipinski definition) is 1. The van der Waals surface area contributed by atoms with Crippen molar-refractivity contribution in [2.24, 2.45) is 5.10 Å². The normalized spacial score (nSPS) is 10.9. The molecule has 0 aromatic heterocycles. The molecule has 0 heterocycles. The average Bonchev–Trinajstić information content (AvgIpc) is 2.76. The minimum absolute atomic E-state index is 0.156. The number of benzene rings is 3. The van der Waals surface area contributed by atoms with E-state index in [-0.39, 0.29) is 5.91 Å². The second-order valence-electron chi connectivity index (χ2n) is 7.81. The van der Waals surface area contributed by atoms with Gasteiger partial charge in [0, 0.05) is 0 Å². The highest BCUT2D eigenvalue weighted by Crippen LogP contribution is 2.29. The van der Waals surface area contributed by atoms with E-state index in [2.05, 4.69) is 47.8 Å². The van der Waals surface area contributed by atoms with E-state index in [0.29, 0.717) is 31.1 Å². The monoisotopic (exact) mass is 430 g/mol. The fraction of sp³-hybridized carbons (Fsp3) is 0.259. The van der Waals surface area contributed by atoms with E-state index in [1.54, 1.807) is 6.21 Å². The summed E-state index contributed by atoms with van der Waals surface area (Å²) in [6.45, 7) is 9.02. The Morgan fingerprint density at radius 2 is 1.66 bits per heavy atom. The molecule has 5 heteroatoms. The van der Waals surface area contributed by atoms with Gasteiger partial charge >= 0.3 is 0 Å². The molecule has 3 aromatic rings. The van der Waals surface area contributed by atoms with Crippen molar-refractivity contribution in [3.8, 4) is 11.5 Å². The second kappa shape index (κ2) is 11.1. The molecule has 0 aliphatic heterocycles. The first-order valence-corrected chi connectivity index (χ1v) is 10.8. The fourth-order valence-corrected chi connectivity index (χ4v) is 3.27. The number of amides is 1. The van der Waals surface area contributed by atoms with Crippen molar-refractivity contribution in [1.29, 1.82) is 0 Å². The Morgan fingerprint density at radius 3 is 2.38 bits per heavy atom. The van der Waals surface area contributed by atoms with Crippen molar-refractivity contribution in [2.45, 2.75) is 40.7 Å². The first kappa shape index (κ1) is 23.1. The van der Waals surface area contributed by atoms with E-state index in [4.69, 9.17) is 9.47 Å². The van der Waals surface area contributed by atoms with Gasteiger partial charge in [0.15, 0.2) is 11.5 Å². The van der Waals surface area contributed by atoms with Crippen LogP contribution in [-0.2, 0) is 17.8 Å². The number of nitrogens with one attached hydrogen (secondary N) is 1. The largest absolute Gasteiger partial charge is 0.490 e. The van der Waals surface area contributed by atoms with Crippen LogP contribution in [0.15, 0.2) is 65.8 Å². The molecular formula is C27H30N2O3. The van der Waals surface area contributed by atoms with Gasteiger partial charge in [0.2, 0.25) is 5.91 Å². The van der Waals surface area contributed by atoms with Gasteiger partial charge in [0.1, 0.15) is 6.61 Å². The predicted octanol–water partition coefficient (Wildman–Crippen LogP) is 5.28. The van der Waals surface area contributed by atoms with Crippen molar-refractivity contribution in [3.63, 3.8) is 0 Å². The Labute approximate surface area is 190 Å². The van der Waals surface area contributed by atoms with Crippen LogP contribution >= 0.6 is 0 Å². The molecule has 0 fully saturated rings. The van der Waals surface area contributed by atoms with Crippen LogP contribution in [-0.4, -0.2) is 18.7 Å². The third-order valence-electron chi connectivity index (χ3n) is 5.03. The van der Waals surface area contributed by atoms with E-state index in [9.17, 15) is 4.79 Å². The van der Waals surface area contributed by atoms with E-state index < -0.39 is 0 Å². The standard InChI is InChI=1S/C27H30N2O3/c1-5-31-26-15-23(11-13-25(26)32-18-22-9-6-19(2)7-10-22)17-28-29-27(30)16-24-12-8-20(3)14-21(24)4/h6-15,17H,5,16,18H2,1-4H3,(H,29,30)/b28-17-. The highest BCUT2D eigenvalue weighted by Gasteiger charge is 2.08. The highest BCUT2D eigenvalue weighted by molar-refractivity contribution is 5.84. The van der Waals surface area contributed by atoms with Crippen LogP contribution in [0.25, 0.3) is 0 Å². The molecule has 0 bridgehead atoms. The third kappa shape index (κ3) is 6.71. The Balaban J connectivity index is 1.60. The Morgan fingerprint density at radius 1 is 0.906 bits per heavy atom. The summed E-state index contributed by atoms with van der Waals surface area (Å²) in [5.74, 6) is 1.16. The van der Waals surface area contributed by atoms with Crippen molar-refractivity contribution in [2.75, 3.05) is 6.61 Å². The summed E-state index contributed by atoms with van der Waals surface area (Å²) in [7, 11) is 0. The molecule has 0 spiro atoms. The SMILES string of the molecule is CCOc1cc(/C=N\NC(=O)Cc2ccc(C)cc2C)ccc1OCc1ccc(C)cc1. The zero-order valence-electron chi connectivity index (χ0n) is 19.1. The minimum Gasteiger partial charge on any atom is -0.490 e. The first-order valence-electron chi connectivity index (χ1n) is 10.8. The van der Waals surface area contributed by atoms with Gasteiger partial charge in [-0.2, -0.15) is 5.10 Å². The number of nitrogens with zero attached hydrogens (tertiary/aromatic N) is 1. The van der Waals surface area contributed by atoms with Crippen molar-refractivity contribution in [1.82, 2.24) is 5.43 Å². The van der Waals surface area contributed by atoms with Crippen LogP contribution in [0.2, 0.25) is 0 Å². The van der Waals surface area contributed by atoms with E-state index in [1.807, 2.05) is 51.1 Å². The lowest BCUT2D eigenvalue weighted by Crippen LogP contribution is -2.20. The van der Waals surface area contributed by atoms with Crippen LogP contribution < -0.4 is 14.9 Å². The summed E-state index contributed by atoms with van der Waals surface area (Å²) in [6, 6.07) is 19.9. The quantitative estimate of drug-likeness (QED) is 0.371. The van der Waals surface area contributed by atoms with Crippen LogP contribution in [0.3, 0.4) is 0 Å². The van der Waals surface area contributed by atoms with Gasteiger partial charge in [0.25, 0.3) is 0 Å². The molecule has 0 radical (unpaired) electrons. The molecule has 166 valence electrons. The van der Waals surface area contributed by atoms with Crippen molar-refractivity contribution in [3.05, 3.63) is 94.0 Å². The molecule has 1 N–H and O–H groups in total. The molecule has 0 atom stereocenters. The fourth-order valence-electron chi connectivity index (χ4n) is 3.27. The summed E-state index contributed by atoms with van der Waals surface area (Å²) in [6.07, 6.45) is 1.89. The lowest BCUT2D eigenvalue weighted by molar-refractivity contribution is -0.120. The van der Waals surface area contributed by atoms with Gasteiger partial charge in [-0.15, -0.1) is 0 Å². The van der Waals surface area contributed by atoms with Crippen LogP contribution in [0.1, 0.15) is 40.3 Å². The van der Waals surface area contributed by atoms with Gasteiger partial charge in [-0.25, -0.2) is 5.43 Å². The Kier molecular flexibility index (Phi) is 8.03. The average molecular weight is 431 g/mol. The van der Waals surface area contributed by atoms with Crippen LogP contribution in [0.5, 0.6) is 11.5 Å².